The first-order valence-electron chi connectivity index (χ1n) is 4.95. The maximum Gasteiger partial charge on any atom is 0.159 e. The topological polar surface area (TPSA) is 30.0 Å². The second kappa shape index (κ2) is 4.71. The number of benzene rings is 1. The molecular weight excluding hydrogens is 244 g/mol. The molecule has 0 saturated carbocycles. The number of aromatic nitrogens is 1. The number of carbonyl (C=O) groups is 1. The number of thiazole rings is 1. The molecule has 0 saturated heterocycles. The van der Waals surface area contributed by atoms with Crippen LogP contribution in [-0.2, 0) is 11.2 Å². The molecule has 17 heavy (non-hydrogen) atoms. The van der Waals surface area contributed by atoms with Crippen LogP contribution in [0.2, 0.25) is 0 Å². The predicted octanol–water partition coefficient (Wildman–Crippen LogP) is 3.22. The number of carbonyl (C=O) groups excluding carboxylic acids is 1. The smallest absolute Gasteiger partial charge is 0.159 e. The van der Waals surface area contributed by atoms with Crippen LogP contribution in [0.5, 0.6) is 0 Å². The van der Waals surface area contributed by atoms with Gasteiger partial charge in [0.2, 0.25) is 0 Å². The fourth-order valence-electron chi connectivity index (χ4n) is 1.39. The SMILES string of the molecule is CC(=O)Cc1nc(-c2ccc(F)c(F)c2)cs1. The number of nitrogens with zero attached hydrogens (tertiary/aromatic N) is 1. The lowest BCUT2D eigenvalue weighted by Gasteiger charge is -1.97. The average molecular weight is 253 g/mol. The molecule has 1 aromatic carbocycles. The van der Waals surface area contributed by atoms with E-state index in [0.29, 0.717) is 16.3 Å². The molecule has 0 radical (unpaired) electrons. The van der Waals surface area contributed by atoms with Gasteiger partial charge in [-0.1, -0.05) is 0 Å². The van der Waals surface area contributed by atoms with Gasteiger partial charge >= 0.3 is 0 Å². The zero-order valence-electron chi connectivity index (χ0n) is 9.04. The third-order valence-corrected chi connectivity index (χ3v) is 3.02. The Morgan fingerprint density at radius 3 is 2.76 bits per heavy atom. The van der Waals surface area contributed by atoms with E-state index in [2.05, 4.69) is 4.98 Å². The van der Waals surface area contributed by atoms with Gasteiger partial charge in [0.05, 0.1) is 12.1 Å². The lowest BCUT2D eigenvalue weighted by Crippen LogP contribution is -1.95. The standard InChI is InChI=1S/C12H9F2NOS/c1-7(16)4-12-15-11(6-17-12)8-2-3-9(13)10(14)5-8/h2-3,5-6H,4H2,1H3. The van der Waals surface area contributed by atoms with Gasteiger partial charge in [0.25, 0.3) is 0 Å². The van der Waals surface area contributed by atoms with E-state index in [1.807, 2.05) is 0 Å². The number of hydrogen-bond donors (Lipinski definition) is 0. The highest BCUT2D eigenvalue weighted by atomic mass is 32.1. The largest absolute Gasteiger partial charge is 0.300 e. The van der Waals surface area contributed by atoms with Gasteiger partial charge in [-0.25, -0.2) is 13.8 Å². The van der Waals surface area contributed by atoms with Gasteiger partial charge in [0.15, 0.2) is 11.6 Å². The molecule has 0 aliphatic rings. The Labute approximate surface area is 101 Å². The van der Waals surface area contributed by atoms with Gasteiger partial charge in [0, 0.05) is 10.9 Å². The van der Waals surface area contributed by atoms with E-state index >= 15 is 0 Å². The molecule has 0 aliphatic carbocycles. The van der Waals surface area contributed by atoms with Crippen molar-refractivity contribution in [3.05, 3.63) is 40.2 Å². The molecule has 0 fully saturated rings. The zero-order chi connectivity index (χ0) is 12.4. The van der Waals surface area contributed by atoms with E-state index in [1.54, 1.807) is 5.38 Å². The normalized spacial score (nSPS) is 10.5. The Kier molecular flexibility index (Phi) is 3.28. The van der Waals surface area contributed by atoms with E-state index in [9.17, 15) is 13.6 Å². The van der Waals surface area contributed by atoms with E-state index < -0.39 is 11.6 Å². The molecule has 0 bridgehead atoms. The van der Waals surface area contributed by atoms with Gasteiger partial charge in [-0.2, -0.15) is 0 Å². The summed E-state index contributed by atoms with van der Waals surface area (Å²) in [6.45, 7) is 1.48. The number of hydrogen-bond acceptors (Lipinski definition) is 3. The van der Waals surface area contributed by atoms with Gasteiger partial charge < -0.3 is 0 Å². The molecule has 2 nitrogen and oxygen atoms in total. The van der Waals surface area contributed by atoms with Crippen LogP contribution in [0.4, 0.5) is 8.78 Å². The lowest BCUT2D eigenvalue weighted by atomic mass is 10.1. The van der Waals surface area contributed by atoms with Crippen molar-refractivity contribution >= 4 is 17.1 Å². The van der Waals surface area contributed by atoms with Gasteiger partial charge in [-0.3, -0.25) is 4.79 Å². The molecule has 5 heteroatoms. The first-order valence-corrected chi connectivity index (χ1v) is 5.83. The molecule has 0 N–H and O–H groups in total. The van der Waals surface area contributed by atoms with E-state index in [0.717, 1.165) is 12.1 Å². The third kappa shape index (κ3) is 2.74. The Bertz CT molecular complexity index is 565. The summed E-state index contributed by atoms with van der Waals surface area (Å²) in [5, 5.41) is 2.41. The fraction of sp³-hybridized carbons (Fsp3) is 0.167. The van der Waals surface area contributed by atoms with Crippen molar-refractivity contribution < 1.29 is 13.6 Å². The van der Waals surface area contributed by atoms with E-state index in [-0.39, 0.29) is 12.2 Å². The number of halogens is 2. The van der Waals surface area contributed by atoms with Crippen LogP contribution in [0, 0.1) is 11.6 Å². The molecule has 0 aliphatic heterocycles. The molecule has 88 valence electrons. The average Bonchev–Trinajstić information content (AvgIpc) is 2.69. The summed E-state index contributed by atoms with van der Waals surface area (Å²) >= 11 is 1.33. The predicted molar refractivity (Wildman–Crippen MR) is 61.9 cm³/mol. The molecule has 0 atom stereocenters. The Balaban J connectivity index is 2.30. The molecule has 1 heterocycles. The highest BCUT2D eigenvalue weighted by Gasteiger charge is 2.09. The van der Waals surface area contributed by atoms with Crippen molar-refractivity contribution in [3.63, 3.8) is 0 Å². The Morgan fingerprint density at radius 1 is 1.35 bits per heavy atom. The summed E-state index contributed by atoms with van der Waals surface area (Å²) in [6.07, 6.45) is 0.272. The first-order chi connectivity index (χ1) is 8.06. The summed E-state index contributed by atoms with van der Waals surface area (Å²) in [4.78, 5) is 15.1. The molecule has 0 unspecified atom stereocenters. The van der Waals surface area contributed by atoms with Crippen LogP contribution in [0.15, 0.2) is 23.6 Å². The van der Waals surface area contributed by atoms with Crippen molar-refractivity contribution in [3.8, 4) is 11.3 Å². The zero-order valence-corrected chi connectivity index (χ0v) is 9.85. The van der Waals surface area contributed by atoms with Crippen molar-refractivity contribution in [2.24, 2.45) is 0 Å². The van der Waals surface area contributed by atoms with Crippen molar-refractivity contribution in [2.45, 2.75) is 13.3 Å². The minimum Gasteiger partial charge on any atom is -0.300 e. The monoisotopic (exact) mass is 253 g/mol. The van der Waals surface area contributed by atoms with E-state index in [4.69, 9.17) is 0 Å². The molecule has 1 aromatic heterocycles. The molecule has 0 spiro atoms. The number of Topliss-reactive ketones (excluding diaryl/α,β-unsaturated/α-hetero) is 1. The van der Waals surface area contributed by atoms with Crippen molar-refractivity contribution in [1.82, 2.24) is 4.98 Å². The van der Waals surface area contributed by atoms with Crippen LogP contribution in [0.25, 0.3) is 11.3 Å². The van der Waals surface area contributed by atoms with Crippen LogP contribution < -0.4 is 0 Å². The highest BCUT2D eigenvalue weighted by Crippen LogP contribution is 2.23. The second-order valence-corrected chi connectivity index (χ2v) is 4.58. The van der Waals surface area contributed by atoms with Crippen LogP contribution >= 0.6 is 11.3 Å². The summed E-state index contributed by atoms with van der Waals surface area (Å²) in [7, 11) is 0. The van der Waals surface area contributed by atoms with Crippen LogP contribution in [-0.4, -0.2) is 10.8 Å². The maximum absolute atomic E-state index is 13.0. The molecule has 2 aromatic rings. The van der Waals surface area contributed by atoms with Gasteiger partial charge in [-0.15, -0.1) is 11.3 Å². The third-order valence-electron chi connectivity index (χ3n) is 2.17. The van der Waals surface area contributed by atoms with Crippen LogP contribution in [0.1, 0.15) is 11.9 Å². The van der Waals surface area contributed by atoms with E-state index in [1.165, 1.54) is 24.3 Å². The molecular formula is C12H9F2NOS. The van der Waals surface area contributed by atoms with Gasteiger partial charge in [-0.05, 0) is 25.1 Å². The van der Waals surface area contributed by atoms with Gasteiger partial charge in [0.1, 0.15) is 10.8 Å². The molecule has 0 amide bonds. The van der Waals surface area contributed by atoms with Crippen molar-refractivity contribution in [2.75, 3.05) is 0 Å². The summed E-state index contributed by atoms with van der Waals surface area (Å²) in [5.41, 5.74) is 1.07. The second-order valence-electron chi connectivity index (χ2n) is 3.63. The highest BCUT2D eigenvalue weighted by molar-refractivity contribution is 7.10. The summed E-state index contributed by atoms with van der Waals surface area (Å²) in [5.74, 6) is -1.76. The molecule has 2 rings (SSSR count). The minimum absolute atomic E-state index is 0.0242. The van der Waals surface area contributed by atoms with Crippen LogP contribution in [0.3, 0.4) is 0 Å². The Morgan fingerprint density at radius 2 is 2.12 bits per heavy atom. The summed E-state index contributed by atoms with van der Waals surface area (Å²) in [6, 6.07) is 3.63. The summed E-state index contributed by atoms with van der Waals surface area (Å²) < 4.78 is 25.8. The lowest BCUT2D eigenvalue weighted by molar-refractivity contribution is -0.116. The maximum atomic E-state index is 13.0. The number of rotatable bonds is 3. The minimum atomic E-state index is -0.899. The quantitative estimate of drug-likeness (QED) is 0.840. The Hall–Kier alpha value is -1.62. The first kappa shape index (κ1) is 11.9. The number of ketones is 1. The fourth-order valence-corrected chi connectivity index (χ4v) is 2.27. The van der Waals surface area contributed by atoms with Crippen molar-refractivity contribution in [1.29, 1.82) is 0 Å².